The summed E-state index contributed by atoms with van der Waals surface area (Å²) in [5.74, 6) is 0.413. The third-order valence-corrected chi connectivity index (χ3v) is 5.33. The molecule has 29 heavy (non-hydrogen) atoms. The van der Waals surface area contributed by atoms with Crippen molar-refractivity contribution in [3.8, 4) is 0 Å². The molecule has 0 spiro atoms. The monoisotopic (exact) mass is 442 g/mol. The summed E-state index contributed by atoms with van der Waals surface area (Å²) < 4.78 is 5.12. The van der Waals surface area contributed by atoms with Crippen LogP contribution < -0.4 is 10.6 Å². The number of hydrogen-bond acceptors (Lipinski definition) is 4. The Morgan fingerprint density at radius 3 is 2.52 bits per heavy atom. The van der Waals surface area contributed by atoms with Crippen molar-refractivity contribution in [3.05, 3.63) is 33.8 Å². The normalized spacial score (nSPS) is 15.2. The van der Waals surface area contributed by atoms with E-state index in [2.05, 4.69) is 20.5 Å². The molecule has 0 atom stereocenters. The van der Waals surface area contributed by atoms with Gasteiger partial charge in [0.2, 0.25) is 0 Å². The standard InChI is InChI=1S/C20H28Cl2N4O3/c1-3-23-20(26-11-7-14(8-12-26)19(28)29-4-2)25-10-9-24-18(27)15-5-6-16(21)17(22)13-15/h5-6,13-14H,3-4,7-12H2,1-2H3,(H,23,25)(H,24,27). The average Bonchev–Trinajstić information content (AvgIpc) is 2.72. The summed E-state index contributed by atoms with van der Waals surface area (Å²) in [4.78, 5) is 30.8. The van der Waals surface area contributed by atoms with Gasteiger partial charge in [0, 0.05) is 31.7 Å². The van der Waals surface area contributed by atoms with E-state index in [9.17, 15) is 9.59 Å². The van der Waals surface area contributed by atoms with E-state index < -0.39 is 0 Å². The number of rotatable bonds is 7. The molecule has 0 unspecified atom stereocenters. The van der Waals surface area contributed by atoms with Crippen LogP contribution >= 0.6 is 23.2 Å². The van der Waals surface area contributed by atoms with Gasteiger partial charge in [0.25, 0.3) is 5.91 Å². The second-order valence-corrected chi connectivity index (χ2v) is 7.45. The molecule has 0 saturated carbocycles. The van der Waals surface area contributed by atoms with Crippen molar-refractivity contribution in [1.29, 1.82) is 0 Å². The van der Waals surface area contributed by atoms with E-state index in [4.69, 9.17) is 27.9 Å². The van der Waals surface area contributed by atoms with Crippen LogP contribution in [-0.2, 0) is 9.53 Å². The third-order valence-electron chi connectivity index (χ3n) is 4.59. The lowest BCUT2D eigenvalue weighted by molar-refractivity contribution is -0.149. The predicted octanol–water partition coefficient (Wildman–Crippen LogP) is 2.96. The molecular weight excluding hydrogens is 415 g/mol. The van der Waals surface area contributed by atoms with Crippen LogP contribution in [0, 0.1) is 5.92 Å². The van der Waals surface area contributed by atoms with Gasteiger partial charge < -0.3 is 20.3 Å². The van der Waals surface area contributed by atoms with Gasteiger partial charge in [-0.2, -0.15) is 0 Å². The Balaban J connectivity index is 1.83. The topological polar surface area (TPSA) is 83.0 Å². The lowest BCUT2D eigenvalue weighted by atomic mass is 9.97. The maximum Gasteiger partial charge on any atom is 0.309 e. The van der Waals surface area contributed by atoms with Crippen LogP contribution in [-0.4, -0.2) is 62.1 Å². The summed E-state index contributed by atoms with van der Waals surface area (Å²) in [7, 11) is 0. The Bertz CT molecular complexity index is 734. The van der Waals surface area contributed by atoms with E-state index in [-0.39, 0.29) is 17.8 Å². The zero-order valence-electron chi connectivity index (χ0n) is 16.8. The van der Waals surface area contributed by atoms with Gasteiger partial charge in [0.1, 0.15) is 0 Å². The Kier molecular flexibility index (Phi) is 9.54. The highest BCUT2D eigenvalue weighted by molar-refractivity contribution is 6.42. The second-order valence-electron chi connectivity index (χ2n) is 6.63. The first kappa shape index (κ1) is 23.3. The number of halogens is 2. The van der Waals surface area contributed by atoms with Crippen molar-refractivity contribution in [1.82, 2.24) is 15.5 Å². The molecule has 0 radical (unpaired) electrons. The minimum absolute atomic E-state index is 0.0421. The molecule has 0 bridgehead atoms. The van der Waals surface area contributed by atoms with Gasteiger partial charge in [-0.25, -0.2) is 0 Å². The Hall–Kier alpha value is -1.99. The first-order valence-electron chi connectivity index (χ1n) is 9.89. The van der Waals surface area contributed by atoms with E-state index in [1.807, 2.05) is 13.8 Å². The van der Waals surface area contributed by atoms with Crippen LogP contribution in [0.5, 0.6) is 0 Å². The Morgan fingerprint density at radius 1 is 1.17 bits per heavy atom. The lowest BCUT2D eigenvalue weighted by Gasteiger charge is -2.33. The van der Waals surface area contributed by atoms with Gasteiger partial charge in [-0.3, -0.25) is 14.6 Å². The summed E-state index contributed by atoms with van der Waals surface area (Å²) in [6, 6.07) is 4.77. The molecule has 1 saturated heterocycles. The largest absolute Gasteiger partial charge is 0.466 e. The van der Waals surface area contributed by atoms with Crippen molar-refractivity contribution in [2.24, 2.45) is 10.9 Å². The number of hydrogen-bond donors (Lipinski definition) is 2. The number of likely N-dealkylation sites (tertiary alicyclic amines) is 1. The highest BCUT2D eigenvalue weighted by Gasteiger charge is 2.27. The van der Waals surface area contributed by atoms with Crippen LogP contribution in [0.2, 0.25) is 10.0 Å². The van der Waals surface area contributed by atoms with Gasteiger partial charge in [0.05, 0.1) is 29.1 Å². The molecular formula is C20H28Cl2N4O3. The molecule has 1 aromatic carbocycles. The number of ether oxygens (including phenoxy) is 1. The molecule has 0 aliphatic carbocycles. The van der Waals surface area contributed by atoms with E-state index in [0.29, 0.717) is 35.3 Å². The van der Waals surface area contributed by atoms with Crippen molar-refractivity contribution in [2.45, 2.75) is 26.7 Å². The van der Waals surface area contributed by atoms with E-state index in [1.165, 1.54) is 0 Å². The molecule has 2 N–H and O–H groups in total. The number of amides is 1. The Morgan fingerprint density at radius 2 is 1.90 bits per heavy atom. The summed E-state index contributed by atoms with van der Waals surface area (Å²) in [6.07, 6.45) is 1.49. The van der Waals surface area contributed by atoms with Gasteiger partial charge in [-0.05, 0) is 44.9 Å². The van der Waals surface area contributed by atoms with Crippen molar-refractivity contribution < 1.29 is 14.3 Å². The number of benzene rings is 1. The zero-order valence-corrected chi connectivity index (χ0v) is 18.4. The summed E-state index contributed by atoms with van der Waals surface area (Å²) in [6.45, 7) is 7.30. The van der Waals surface area contributed by atoms with Crippen LogP contribution in [0.3, 0.4) is 0 Å². The van der Waals surface area contributed by atoms with E-state index in [1.54, 1.807) is 18.2 Å². The van der Waals surface area contributed by atoms with Gasteiger partial charge in [-0.15, -0.1) is 0 Å². The quantitative estimate of drug-likeness (QED) is 0.293. The number of aliphatic imine (C=N–C) groups is 1. The van der Waals surface area contributed by atoms with Crippen molar-refractivity contribution in [2.75, 3.05) is 39.3 Å². The molecule has 7 nitrogen and oxygen atoms in total. The predicted molar refractivity (Wildman–Crippen MR) is 116 cm³/mol. The molecule has 0 aromatic heterocycles. The Labute approximate surface area is 181 Å². The lowest BCUT2D eigenvalue weighted by Crippen LogP contribution is -2.47. The van der Waals surface area contributed by atoms with Gasteiger partial charge in [0.15, 0.2) is 5.96 Å². The first-order chi connectivity index (χ1) is 14.0. The average molecular weight is 443 g/mol. The van der Waals surface area contributed by atoms with Crippen LogP contribution in [0.1, 0.15) is 37.0 Å². The first-order valence-corrected chi connectivity index (χ1v) is 10.6. The molecule has 1 heterocycles. The van der Waals surface area contributed by atoms with Gasteiger partial charge in [-0.1, -0.05) is 23.2 Å². The second kappa shape index (κ2) is 11.9. The zero-order chi connectivity index (χ0) is 21.2. The van der Waals surface area contributed by atoms with E-state index >= 15 is 0 Å². The maximum absolute atomic E-state index is 12.2. The summed E-state index contributed by atoms with van der Waals surface area (Å²) >= 11 is 11.8. The maximum atomic E-state index is 12.2. The summed E-state index contributed by atoms with van der Waals surface area (Å²) in [5.41, 5.74) is 0.455. The number of nitrogens with one attached hydrogen (secondary N) is 2. The number of carbonyl (C=O) groups excluding carboxylic acids is 2. The molecule has 1 aliphatic heterocycles. The fourth-order valence-electron chi connectivity index (χ4n) is 3.08. The smallest absolute Gasteiger partial charge is 0.309 e. The molecule has 160 valence electrons. The van der Waals surface area contributed by atoms with Gasteiger partial charge >= 0.3 is 5.97 Å². The van der Waals surface area contributed by atoms with E-state index in [0.717, 1.165) is 38.4 Å². The SMILES string of the molecule is CCNC(=NCCNC(=O)c1ccc(Cl)c(Cl)c1)N1CCC(C(=O)OCC)CC1. The van der Waals surface area contributed by atoms with Crippen LogP contribution in [0.25, 0.3) is 0 Å². The highest BCUT2D eigenvalue weighted by Crippen LogP contribution is 2.22. The minimum atomic E-state index is -0.223. The van der Waals surface area contributed by atoms with Crippen LogP contribution in [0.15, 0.2) is 23.2 Å². The molecule has 2 rings (SSSR count). The molecule has 1 fully saturated rings. The highest BCUT2D eigenvalue weighted by atomic mass is 35.5. The molecule has 1 aliphatic rings. The van der Waals surface area contributed by atoms with Crippen LogP contribution in [0.4, 0.5) is 0 Å². The van der Waals surface area contributed by atoms with Crippen molar-refractivity contribution >= 4 is 41.0 Å². The van der Waals surface area contributed by atoms with Crippen molar-refractivity contribution in [3.63, 3.8) is 0 Å². The summed E-state index contributed by atoms with van der Waals surface area (Å²) in [5, 5.41) is 6.85. The fourth-order valence-corrected chi connectivity index (χ4v) is 3.38. The molecule has 9 heteroatoms. The minimum Gasteiger partial charge on any atom is -0.466 e. The number of carbonyl (C=O) groups is 2. The number of esters is 1. The third kappa shape index (κ3) is 7.08. The number of nitrogens with zero attached hydrogens (tertiary/aromatic N) is 2. The number of guanidine groups is 1. The molecule has 1 aromatic rings. The molecule has 1 amide bonds. The number of piperidine rings is 1. The fraction of sp³-hybridized carbons (Fsp3) is 0.550.